The first-order valence-corrected chi connectivity index (χ1v) is 5.38. The molecule has 2 atom stereocenters. The number of carboxylic acid groups (broad SMARTS) is 2. The molecule has 2 heterocycles. The van der Waals surface area contributed by atoms with Crippen LogP contribution in [0.25, 0.3) is 0 Å². The Labute approximate surface area is 98.5 Å². The number of aliphatic carboxylic acids is 1. The average Bonchev–Trinajstić information content (AvgIpc) is 2.55. The summed E-state index contributed by atoms with van der Waals surface area (Å²) >= 11 is 0. The van der Waals surface area contributed by atoms with Gasteiger partial charge in [-0.15, -0.1) is 0 Å². The molecular formula is C11H15NO5. The second-order valence-electron chi connectivity index (χ2n) is 4.86. The maximum absolute atomic E-state index is 11.1. The molecule has 0 aromatic rings. The summed E-state index contributed by atoms with van der Waals surface area (Å²) in [7, 11) is 0. The molecule has 2 rings (SSSR count). The molecule has 0 aliphatic carbocycles. The fourth-order valence-corrected chi connectivity index (χ4v) is 2.55. The molecule has 6 heteroatoms. The van der Waals surface area contributed by atoms with Gasteiger partial charge < -0.3 is 19.8 Å². The Morgan fingerprint density at radius 3 is 2.35 bits per heavy atom. The number of rotatable bonds is 2. The summed E-state index contributed by atoms with van der Waals surface area (Å²) < 4.78 is 5.54. The summed E-state index contributed by atoms with van der Waals surface area (Å²) in [5, 5.41) is 17.8. The van der Waals surface area contributed by atoms with Gasteiger partial charge in [0.25, 0.3) is 0 Å². The van der Waals surface area contributed by atoms with E-state index < -0.39 is 23.8 Å². The summed E-state index contributed by atoms with van der Waals surface area (Å²) in [5.41, 5.74) is 0.147. The van der Waals surface area contributed by atoms with Crippen LogP contribution >= 0.6 is 0 Å². The van der Waals surface area contributed by atoms with E-state index in [4.69, 9.17) is 14.9 Å². The van der Waals surface area contributed by atoms with Gasteiger partial charge in [0.2, 0.25) is 0 Å². The van der Waals surface area contributed by atoms with Gasteiger partial charge >= 0.3 is 12.1 Å². The van der Waals surface area contributed by atoms with Gasteiger partial charge in [0.15, 0.2) is 6.10 Å². The number of carboxylic acids is 1. The second-order valence-corrected chi connectivity index (χ2v) is 4.86. The Morgan fingerprint density at radius 1 is 1.41 bits per heavy atom. The average molecular weight is 241 g/mol. The predicted octanol–water partition coefficient (Wildman–Crippen LogP) is 0.785. The van der Waals surface area contributed by atoms with E-state index in [0.29, 0.717) is 6.42 Å². The van der Waals surface area contributed by atoms with Crippen LogP contribution in [0.2, 0.25) is 0 Å². The highest BCUT2D eigenvalue weighted by molar-refractivity contribution is 5.74. The Morgan fingerprint density at radius 2 is 2.00 bits per heavy atom. The number of nitrogens with zero attached hydrogens (tertiary/aromatic N) is 1. The van der Waals surface area contributed by atoms with Crippen molar-refractivity contribution >= 4 is 12.1 Å². The molecule has 1 amide bonds. The fourth-order valence-electron chi connectivity index (χ4n) is 2.55. The highest BCUT2D eigenvalue weighted by atomic mass is 16.5. The topological polar surface area (TPSA) is 87.1 Å². The van der Waals surface area contributed by atoms with Crippen molar-refractivity contribution in [2.24, 2.45) is 5.92 Å². The summed E-state index contributed by atoms with van der Waals surface area (Å²) in [6.07, 6.45) is -1.36. The monoisotopic (exact) mass is 241 g/mol. The van der Waals surface area contributed by atoms with Crippen molar-refractivity contribution in [3.05, 3.63) is 12.2 Å². The Kier molecular flexibility index (Phi) is 2.61. The van der Waals surface area contributed by atoms with Crippen molar-refractivity contribution in [1.82, 2.24) is 4.90 Å². The van der Waals surface area contributed by atoms with Gasteiger partial charge in [0.05, 0.1) is 13.1 Å². The molecule has 0 aromatic heterocycles. The normalized spacial score (nSPS) is 30.1. The molecule has 0 bridgehead atoms. The summed E-state index contributed by atoms with van der Waals surface area (Å²) in [5.74, 6) is -1.24. The summed E-state index contributed by atoms with van der Waals surface area (Å²) in [6.45, 7) is 6.04. The van der Waals surface area contributed by atoms with E-state index in [2.05, 4.69) is 6.58 Å². The minimum absolute atomic E-state index is 0.233. The van der Waals surface area contributed by atoms with Crippen LogP contribution in [0.5, 0.6) is 0 Å². The fraction of sp³-hybridized carbons (Fsp3) is 0.636. The van der Waals surface area contributed by atoms with Gasteiger partial charge in [0.1, 0.15) is 5.60 Å². The van der Waals surface area contributed by atoms with Crippen LogP contribution in [0.1, 0.15) is 13.3 Å². The zero-order valence-corrected chi connectivity index (χ0v) is 9.55. The number of carbonyl (C=O) groups is 2. The smallest absolute Gasteiger partial charge is 0.407 e. The van der Waals surface area contributed by atoms with E-state index in [1.54, 1.807) is 6.92 Å². The van der Waals surface area contributed by atoms with E-state index in [9.17, 15) is 9.59 Å². The van der Waals surface area contributed by atoms with E-state index in [-0.39, 0.29) is 19.0 Å². The van der Waals surface area contributed by atoms with Crippen LogP contribution < -0.4 is 0 Å². The van der Waals surface area contributed by atoms with E-state index >= 15 is 0 Å². The molecule has 2 fully saturated rings. The van der Waals surface area contributed by atoms with Crippen molar-refractivity contribution in [2.75, 3.05) is 13.1 Å². The van der Waals surface area contributed by atoms with E-state index in [0.717, 1.165) is 5.57 Å². The first kappa shape index (κ1) is 11.9. The highest BCUT2D eigenvalue weighted by Gasteiger charge is 2.56. The molecular weight excluding hydrogens is 226 g/mol. The molecule has 17 heavy (non-hydrogen) atoms. The lowest BCUT2D eigenvalue weighted by molar-refractivity contribution is -0.166. The van der Waals surface area contributed by atoms with Crippen molar-refractivity contribution in [1.29, 1.82) is 0 Å². The van der Waals surface area contributed by atoms with Crippen LogP contribution in [0.15, 0.2) is 12.2 Å². The molecule has 2 aliphatic rings. The van der Waals surface area contributed by atoms with Crippen LogP contribution in [0.4, 0.5) is 4.79 Å². The molecule has 1 spiro atoms. The SMILES string of the molecule is C=C(C)[C@H]1CC2(CN(C(=O)O)C2)O[C@@H]1C(=O)O. The predicted molar refractivity (Wildman–Crippen MR) is 57.8 cm³/mol. The van der Waals surface area contributed by atoms with Gasteiger partial charge in [-0.3, -0.25) is 0 Å². The van der Waals surface area contributed by atoms with Crippen LogP contribution in [-0.4, -0.2) is 52.0 Å². The molecule has 0 aromatic carbocycles. The zero-order valence-electron chi connectivity index (χ0n) is 9.55. The quantitative estimate of drug-likeness (QED) is 0.698. The molecule has 2 aliphatic heterocycles. The van der Waals surface area contributed by atoms with Gasteiger partial charge in [-0.1, -0.05) is 12.2 Å². The van der Waals surface area contributed by atoms with Crippen molar-refractivity contribution in [3.8, 4) is 0 Å². The van der Waals surface area contributed by atoms with E-state index in [1.807, 2.05) is 0 Å². The lowest BCUT2D eigenvalue weighted by Crippen LogP contribution is -2.63. The number of ether oxygens (including phenoxy) is 1. The lowest BCUT2D eigenvalue weighted by Gasteiger charge is -2.45. The Balaban J connectivity index is 2.08. The molecule has 2 N–H and O–H groups in total. The minimum Gasteiger partial charge on any atom is -0.479 e. The summed E-state index contributed by atoms with van der Waals surface area (Å²) in [6, 6.07) is 0. The standard InChI is InChI=1S/C11H15NO5/c1-6(2)7-3-11(17-8(7)9(13)14)4-12(5-11)10(15)16/h7-8H,1,3-5H2,2H3,(H,13,14)(H,15,16)/t7-,8+/m1/s1. The number of amides is 1. The van der Waals surface area contributed by atoms with Crippen molar-refractivity contribution < 1.29 is 24.5 Å². The molecule has 2 saturated heterocycles. The zero-order chi connectivity index (χ0) is 12.8. The molecule has 6 nitrogen and oxygen atoms in total. The second kappa shape index (κ2) is 3.73. The van der Waals surface area contributed by atoms with Crippen LogP contribution in [0.3, 0.4) is 0 Å². The van der Waals surface area contributed by atoms with Gasteiger partial charge in [-0.2, -0.15) is 0 Å². The number of hydrogen-bond donors (Lipinski definition) is 2. The van der Waals surface area contributed by atoms with Crippen LogP contribution in [0, 0.1) is 5.92 Å². The Hall–Kier alpha value is -1.56. The highest BCUT2D eigenvalue weighted by Crippen LogP contribution is 2.43. The van der Waals surface area contributed by atoms with Crippen molar-refractivity contribution in [2.45, 2.75) is 25.0 Å². The number of likely N-dealkylation sites (tertiary alicyclic amines) is 1. The third kappa shape index (κ3) is 1.88. The molecule has 0 unspecified atom stereocenters. The minimum atomic E-state index is -1.01. The first-order chi connectivity index (χ1) is 7.84. The third-order valence-electron chi connectivity index (χ3n) is 3.44. The maximum Gasteiger partial charge on any atom is 0.407 e. The van der Waals surface area contributed by atoms with Crippen LogP contribution in [-0.2, 0) is 9.53 Å². The number of hydrogen-bond acceptors (Lipinski definition) is 3. The maximum atomic E-state index is 11.1. The Bertz CT molecular complexity index is 361. The van der Waals surface area contributed by atoms with E-state index in [1.165, 1.54) is 4.90 Å². The van der Waals surface area contributed by atoms with Crippen molar-refractivity contribution in [3.63, 3.8) is 0 Å². The lowest BCUT2D eigenvalue weighted by atomic mass is 9.83. The largest absolute Gasteiger partial charge is 0.479 e. The molecule has 94 valence electrons. The molecule has 0 saturated carbocycles. The van der Waals surface area contributed by atoms with Gasteiger partial charge in [-0.25, -0.2) is 9.59 Å². The molecule has 0 radical (unpaired) electrons. The van der Waals surface area contributed by atoms with Gasteiger partial charge in [-0.05, 0) is 13.3 Å². The third-order valence-corrected chi connectivity index (χ3v) is 3.44. The summed E-state index contributed by atoms with van der Waals surface area (Å²) in [4.78, 5) is 23.0. The first-order valence-electron chi connectivity index (χ1n) is 5.38. The van der Waals surface area contributed by atoms with Gasteiger partial charge in [0, 0.05) is 5.92 Å².